The number of carbonyl (C=O) groups excluding carboxylic acids is 1. The molecule has 0 saturated carbocycles. The Balaban J connectivity index is 1.47. The maximum Gasteiger partial charge on any atom is 0.255 e. The first kappa shape index (κ1) is 24.8. The number of benzene rings is 2. The Kier molecular flexibility index (Phi) is 8.95. The summed E-state index contributed by atoms with van der Waals surface area (Å²) in [6.07, 6.45) is 2.86. The minimum Gasteiger partial charge on any atom is -0.493 e. The van der Waals surface area contributed by atoms with Gasteiger partial charge in [0.25, 0.3) is 5.91 Å². The predicted octanol–water partition coefficient (Wildman–Crippen LogP) is 4.24. The summed E-state index contributed by atoms with van der Waals surface area (Å²) in [5.74, 6) is 1.84. The van der Waals surface area contributed by atoms with E-state index in [-0.39, 0.29) is 12.5 Å². The van der Waals surface area contributed by atoms with E-state index in [4.69, 9.17) is 14.2 Å². The van der Waals surface area contributed by atoms with E-state index >= 15 is 0 Å². The molecule has 0 fully saturated rings. The average Bonchev–Trinajstić information content (AvgIpc) is 2.81. The van der Waals surface area contributed by atoms with E-state index in [9.17, 15) is 9.18 Å². The number of hydrogen-bond acceptors (Lipinski definition) is 5. The van der Waals surface area contributed by atoms with Crippen LogP contribution in [-0.2, 0) is 13.0 Å². The molecule has 0 aromatic heterocycles. The summed E-state index contributed by atoms with van der Waals surface area (Å²) >= 11 is 0. The molecule has 0 saturated heterocycles. The molecule has 1 N–H and O–H groups in total. The molecule has 0 radical (unpaired) electrons. The van der Waals surface area contributed by atoms with E-state index in [0.717, 1.165) is 61.5 Å². The topological polar surface area (TPSA) is 60.0 Å². The number of ether oxygens (including phenoxy) is 3. The average molecular weight is 459 g/mol. The quantitative estimate of drug-likeness (QED) is 0.511. The molecule has 0 bridgehead atoms. The van der Waals surface area contributed by atoms with Crippen LogP contribution in [-0.4, -0.2) is 57.9 Å². The number of fused-ring (bicyclic) bond motifs is 1. The molecule has 0 aliphatic carbocycles. The first-order valence-corrected chi connectivity index (χ1v) is 11.5. The zero-order chi connectivity index (χ0) is 23.8. The lowest BCUT2D eigenvalue weighted by Gasteiger charge is -2.29. The van der Waals surface area contributed by atoms with Gasteiger partial charge in [0.1, 0.15) is 19.0 Å². The van der Waals surface area contributed by atoms with Crippen molar-refractivity contribution in [3.8, 4) is 17.2 Å². The Morgan fingerprint density at radius 2 is 1.79 bits per heavy atom. The molecule has 2 aromatic carbocycles. The smallest absolute Gasteiger partial charge is 0.255 e. The molecule has 0 unspecified atom stereocenters. The molecule has 180 valence electrons. The highest BCUT2D eigenvalue weighted by molar-refractivity contribution is 5.97. The second-order valence-electron chi connectivity index (χ2n) is 8.46. The normalized spacial score (nSPS) is 13.4. The third-order valence-corrected chi connectivity index (χ3v) is 5.97. The van der Waals surface area contributed by atoms with E-state index in [1.165, 1.54) is 11.1 Å². The van der Waals surface area contributed by atoms with Gasteiger partial charge in [-0.2, -0.15) is 0 Å². The van der Waals surface area contributed by atoms with Crippen LogP contribution in [0, 0.1) is 13.8 Å². The standard InChI is InChI=1S/C26H35FN2O4/c1-18-13-19(2)25(33-12-8-27)22(14-18)26(30)28-9-5-6-10-29-11-7-20-15-23(31-3)24(32-4)16-21(20)17-29/h13-16H,5-12,17H2,1-4H3,(H,28,30). The van der Waals surface area contributed by atoms with Crippen molar-refractivity contribution in [1.82, 2.24) is 10.2 Å². The zero-order valence-corrected chi connectivity index (χ0v) is 20.1. The second kappa shape index (κ2) is 11.9. The SMILES string of the molecule is COc1cc2c(cc1OC)CN(CCCCNC(=O)c1cc(C)cc(C)c1OCCF)CC2. The Morgan fingerprint density at radius 1 is 1.06 bits per heavy atom. The fraction of sp³-hybridized carbons (Fsp3) is 0.500. The van der Waals surface area contributed by atoms with Crippen molar-refractivity contribution in [3.05, 3.63) is 52.1 Å². The van der Waals surface area contributed by atoms with Gasteiger partial charge in [-0.15, -0.1) is 0 Å². The summed E-state index contributed by atoms with van der Waals surface area (Å²) in [6.45, 7) is 6.62. The van der Waals surface area contributed by atoms with Gasteiger partial charge in [0.15, 0.2) is 11.5 Å². The van der Waals surface area contributed by atoms with E-state index in [2.05, 4.69) is 22.3 Å². The van der Waals surface area contributed by atoms with Crippen molar-refractivity contribution in [2.75, 3.05) is 47.1 Å². The molecular formula is C26H35FN2O4. The van der Waals surface area contributed by atoms with Gasteiger partial charge in [-0.1, -0.05) is 6.07 Å². The van der Waals surface area contributed by atoms with Gasteiger partial charge in [0.2, 0.25) is 0 Å². The third kappa shape index (κ3) is 6.38. The van der Waals surface area contributed by atoms with Crippen molar-refractivity contribution < 1.29 is 23.4 Å². The Bertz CT molecular complexity index is 964. The second-order valence-corrected chi connectivity index (χ2v) is 8.46. The zero-order valence-electron chi connectivity index (χ0n) is 20.1. The molecule has 1 amide bonds. The molecule has 1 aliphatic heterocycles. The van der Waals surface area contributed by atoms with Crippen LogP contribution >= 0.6 is 0 Å². The highest BCUT2D eigenvalue weighted by Gasteiger charge is 2.19. The summed E-state index contributed by atoms with van der Waals surface area (Å²) in [7, 11) is 3.32. The Labute approximate surface area is 196 Å². The molecule has 1 aliphatic rings. The van der Waals surface area contributed by atoms with Crippen molar-refractivity contribution in [2.24, 2.45) is 0 Å². The highest BCUT2D eigenvalue weighted by Crippen LogP contribution is 2.33. The molecule has 2 aromatic rings. The summed E-state index contributed by atoms with van der Waals surface area (Å²) in [5, 5.41) is 2.99. The number of alkyl halides is 1. The number of halogens is 1. The van der Waals surface area contributed by atoms with Crippen molar-refractivity contribution in [3.63, 3.8) is 0 Å². The Morgan fingerprint density at radius 3 is 2.48 bits per heavy atom. The number of methoxy groups -OCH3 is 2. The van der Waals surface area contributed by atoms with Crippen molar-refractivity contribution in [1.29, 1.82) is 0 Å². The lowest BCUT2D eigenvalue weighted by atomic mass is 9.98. The lowest BCUT2D eigenvalue weighted by Crippen LogP contribution is -2.32. The molecule has 0 spiro atoms. The van der Waals surface area contributed by atoms with Crippen LogP contribution in [0.15, 0.2) is 24.3 Å². The van der Waals surface area contributed by atoms with Crippen LogP contribution in [0.25, 0.3) is 0 Å². The van der Waals surface area contributed by atoms with Gasteiger partial charge in [0, 0.05) is 19.6 Å². The summed E-state index contributed by atoms with van der Waals surface area (Å²) in [6, 6.07) is 7.89. The minimum absolute atomic E-state index is 0.0538. The van der Waals surface area contributed by atoms with Crippen LogP contribution in [0.5, 0.6) is 17.2 Å². The van der Waals surface area contributed by atoms with Gasteiger partial charge >= 0.3 is 0 Å². The van der Waals surface area contributed by atoms with Crippen molar-refractivity contribution in [2.45, 2.75) is 39.7 Å². The number of nitrogens with one attached hydrogen (secondary N) is 1. The van der Waals surface area contributed by atoms with Gasteiger partial charge in [-0.05, 0) is 80.1 Å². The number of rotatable bonds is 11. The number of aryl methyl sites for hydroxylation is 2. The van der Waals surface area contributed by atoms with Crippen LogP contribution in [0.4, 0.5) is 4.39 Å². The highest BCUT2D eigenvalue weighted by atomic mass is 19.1. The number of unbranched alkanes of at least 4 members (excludes halogenated alkanes) is 1. The molecule has 6 nitrogen and oxygen atoms in total. The monoisotopic (exact) mass is 458 g/mol. The van der Waals surface area contributed by atoms with Crippen LogP contribution in [0.1, 0.15) is 45.5 Å². The molecule has 33 heavy (non-hydrogen) atoms. The molecule has 3 rings (SSSR count). The Hall–Kier alpha value is -2.80. The lowest BCUT2D eigenvalue weighted by molar-refractivity contribution is 0.0947. The fourth-order valence-corrected chi connectivity index (χ4v) is 4.35. The fourth-order valence-electron chi connectivity index (χ4n) is 4.35. The summed E-state index contributed by atoms with van der Waals surface area (Å²) in [5.41, 5.74) is 4.88. The van der Waals surface area contributed by atoms with Gasteiger partial charge in [-0.3, -0.25) is 9.69 Å². The van der Waals surface area contributed by atoms with Gasteiger partial charge < -0.3 is 19.5 Å². The van der Waals surface area contributed by atoms with E-state index in [1.807, 2.05) is 19.9 Å². The van der Waals surface area contributed by atoms with Crippen LogP contribution in [0.2, 0.25) is 0 Å². The first-order chi connectivity index (χ1) is 16.0. The van der Waals surface area contributed by atoms with E-state index in [1.54, 1.807) is 20.3 Å². The molecular weight excluding hydrogens is 423 g/mol. The number of amides is 1. The number of carbonyl (C=O) groups is 1. The van der Waals surface area contributed by atoms with Crippen molar-refractivity contribution >= 4 is 5.91 Å². The van der Waals surface area contributed by atoms with Gasteiger partial charge in [0.05, 0.1) is 19.8 Å². The van der Waals surface area contributed by atoms with Crippen LogP contribution < -0.4 is 19.5 Å². The predicted molar refractivity (Wildman–Crippen MR) is 127 cm³/mol. The molecule has 7 heteroatoms. The van der Waals surface area contributed by atoms with Crippen LogP contribution in [0.3, 0.4) is 0 Å². The van der Waals surface area contributed by atoms with E-state index in [0.29, 0.717) is 17.9 Å². The largest absolute Gasteiger partial charge is 0.493 e. The van der Waals surface area contributed by atoms with Gasteiger partial charge in [-0.25, -0.2) is 4.39 Å². The summed E-state index contributed by atoms with van der Waals surface area (Å²) in [4.78, 5) is 15.2. The number of nitrogens with zero attached hydrogens (tertiary/aromatic N) is 1. The van der Waals surface area contributed by atoms with E-state index < -0.39 is 6.67 Å². The maximum absolute atomic E-state index is 12.7. The minimum atomic E-state index is -0.588. The molecule has 1 heterocycles. The third-order valence-electron chi connectivity index (χ3n) is 5.97. The number of hydrogen-bond donors (Lipinski definition) is 1. The first-order valence-electron chi connectivity index (χ1n) is 11.5. The maximum atomic E-state index is 12.7. The molecule has 0 atom stereocenters. The summed E-state index contributed by atoms with van der Waals surface area (Å²) < 4.78 is 28.9.